The van der Waals surface area contributed by atoms with E-state index in [1.54, 1.807) is 0 Å². The lowest BCUT2D eigenvalue weighted by Gasteiger charge is -2.37. The molecule has 0 N–H and O–H groups in total. The number of halogens is 1. The molecule has 2 heterocycles. The number of rotatable bonds is 6. The summed E-state index contributed by atoms with van der Waals surface area (Å²) in [6.45, 7) is 4.99. The molecule has 2 fully saturated rings. The van der Waals surface area contributed by atoms with Gasteiger partial charge in [0.05, 0.1) is 0 Å². The summed E-state index contributed by atoms with van der Waals surface area (Å²) in [5.74, 6) is 0.608. The first-order chi connectivity index (χ1) is 16.2. The summed E-state index contributed by atoms with van der Waals surface area (Å²) in [5, 5.41) is 0.788. The first kappa shape index (κ1) is 22.2. The highest BCUT2D eigenvalue weighted by Gasteiger charge is 2.31. The molecule has 0 aromatic heterocycles. The molecule has 3 nitrogen and oxygen atoms in total. The van der Waals surface area contributed by atoms with Gasteiger partial charge in [-0.3, -0.25) is 9.69 Å². The Labute approximate surface area is 202 Å². The molecular weight excluding hydrogens is 428 g/mol. The van der Waals surface area contributed by atoms with E-state index in [1.165, 1.54) is 42.6 Å². The molecule has 5 rings (SSSR count). The second-order valence-electron chi connectivity index (χ2n) is 9.43. The second-order valence-corrected chi connectivity index (χ2v) is 9.84. The van der Waals surface area contributed by atoms with Crippen LogP contribution in [0, 0.1) is 0 Å². The van der Waals surface area contributed by atoms with Crippen LogP contribution in [0.25, 0.3) is 11.1 Å². The van der Waals surface area contributed by atoms with E-state index in [9.17, 15) is 4.79 Å². The molecule has 3 aromatic rings. The Morgan fingerprint density at radius 3 is 2.27 bits per heavy atom. The molecule has 2 aliphatic rings. The van der Waals surface area contributed by atoms with Gasteiger partial charge in [-0.25, -0.2) is 0 Å². The van der Waals surface area contributed by atoms with Gasteiger partial charge in [0.2, 0.25) is 6.41 Å². The molecule has 170 valence electrons. The van der Waals surface area contributed by atoms with Gasteiger partial charge in [0.25, 0.3) is 0 Å². The predicted molar refractivity (Wildman–Crippen MR) is 136 cm³/mol. The molecule has 0 saturated carbocycles. The van der Waals surface area contributed by atoms with Crippen LogP contribution in [0.3, 0.4) is 0 Å². The van der Waals surface area contributed by atoms with E-state index in [2.05, 4.69) is 59.5 Å². The number of nitrogens with zero attached hydrogens (tertiary/aromatic N) is 2. The lowest BCUT2D eigenvalue weighted by Crippen LogP contribution is -2.37. The Balaban J connectivity index is 1.40. The molecule has 0 spiro atoms. The summed E-state index contributed by atoms with van der Waals surface area (Å²) in [7, 11) is 0. The molecule has 0 bridgehead atoms. The molecule has 4 heteroatoms. The Bertz CT molecular complexity index is 1080. The van der Waals surface area contributed by atoms with Gasteiger partial charge in [-0.2, -0.15) is 0 Å². The molecule has 2 saturated heterocycles. The van der Waals surface area contributed by atoms with Gasteiger partial charge in [-0.15, -0.1) is 0 Å². The zero-order valence-electron chi connectivity index (χ0n) is 19.0. The maximum absolute atomic E-state index is 11.6. The highest BCUT2D eigenvalue weighted by atomic mass is 35.5. The van der Waals surface area contributed by atoms with Crippen molar-refractivity contribution in [1.82, 2.24) is 9.80 Å². The highest BCUT2D eigenvalue weighted by molar-refractivity contribution is 6.33. The molecule has 2 unspecified atom stereocenters. The van der Waals surface area contributed by atoms with E-state index in [0.29, 0.717) is 5.92 Å². The van der Waals surface area contributed by atoms with Crippen LogP contribution in [0.15, 0.2) is 72.8 Å². The predicted octanol–water partition coefficient (Wildman–Crippen LogP) is 6.33. The quantitative estimate of drug-likeness (QED) is 0.403. The Morgan fingerprint density at radius 2 is 1.58 bits per heavy atom. The minimum absolute atomic E-state index is 0.267. The summed E-state index contributed by atoms with van der Waals surface area (Å²) in [4.78, 5) is 16.0. The lowest BCUT2D eigenvalue weighted by atomic mass is 9.76. The third-order valence-electron chi connectivity index (χ3n) is 7.31. The first-order valence-corrected chi connectivity index (χ1v) is 12.4. The SMILES string of the molecule is O=CN1CCC(c2ccc(-c3ccccc3)c(Cl)c2)C(c2ccc(CN3CCCC3)cc2)C1. The van der Waals surface area contributed by atoms with E-state index in [0.717, 1.165) is 48.6 Å². The summed E-state index contributed by atoms with van der Waals surface area (Å²) >= 11 is 6.76. The molecule has 33 heavy (non-hydrogen) atoms. The third kappa shape index (κ3) is 5.00. The molecular formula is C29H31ClN2O. The van der Waals surface area contributed by atoms with Crippen molar-refractivity contribution < 1.29 is 4.79 Å². The van der Waals surface area contributed by atoms with E-state index < -0.39 is 0 Å². The maximum atomic E-state index is 11.6. The molecule has 3 aromatic carbocycles. The molecule has 1 amide bonds. The topological polar surface area (TPSA) is 23.6 Å². The van der Waals surface area contributed by atoms with Crippen LogP contribution in [0.5, 0.6) is 0 Å². The zero-order valence-corrected chi connectivity index (χ0v) is 19.8. The van der Waals surface area contributed by atoms with Gasteiger partial charge in [0.1, 0.15) is 0 Å². The molecule has 0 radical (unpaired) electrons. The normalized spacial score (nSPS) is 21.3. The second kappa shape index (κ2) is 10.1. The van der Waals surface area contributed by atoms with Crippen LogP contribution in [-0.2, 0) is 11.3 Å². The van der Waals surface area contributed by atoms with Gasteiger partial charge in [-0.05, 0) is 66.6 Å². The number of likely N-dealkylation sites (tertiary alicyclic amines) is 2. The van der Waals surface area contributed by atoms with Crippen molar-refractivity contribution in [1.29, 1.82) is 0 Å². The van der Waals surface area contributed by atoms with Crippen molar-refractivity contribution in [2.75, 3.05) is 26.2 Å². The van der Waals surface area contributed by atoms with Crippen molar-refractivity contribution in [3.8, 4) is 11.1 Å². The fourth-order valence-corrected chi connectivity index (χ4v) is 5.79. The fourth-order valence-electron chi connectivity index (χ4n) is 5.49. The number of carbonyl (C=O) groups is 1. The van der Waals surface area contributed by atoms with E-state index in [-0.39, 0.29) is 5.92 Å². The molecule has 2 atom stereocenters. The first-order valence-electron chi connectivity index (χ1n) is 12.1. The lowest BCUT2D eigenvalue weighted by molar-refractivity contribution is -0.119. The fraction of sp³-hybridized carbons (Fsp3) is 0.345. The number of benzene rings is 3. The number of carbonyl (C=O) groups excluding carboxylic acids is 1. The summed E-state index contributed by atoms with van der Waals surface area (Å²) < 4.78 is 0. The maximum Gasteiger partial charge on any atom is 0.209 e. The van der Waals surface area contributed by atoms with Crippen molar-refractivity contribution >= 4 is 18.0 Å². The zero-order chi connectivity index (χ0) is 22.6. The average molecular weight is 459 g/mol. The largest absolute Gasteiger partial charge is 0.345 e. The van der Waals surface area contributed by atoms with Crippen molar-refractivity contribution in [2.24, 2.45) is 0 Å². The van der Waals surface area contributed by atoms with Gasteiger partial charge >= 0.3 is 0 Å². The summed E-state index contributed by atoms with van der Waals surface area (Å²) in [6.07, 6.45) is 4.57. The monoisotopic (exact) mass is 458 g/mol. The standard InChI is InChI=1S/C29H31ClN2O/c30-29-18-25(12-13-27(29)23-6-2-1-3-7-23)26-14-17-32(21-33)20-28(26)24-10-8-22(9-11-24)19-31-15-4-5-16-31/h1-3,6-13,18,21,26,28H,4-5,14-17,19-20H2. The summed E-state index contributed by atoms with van der Waals surface area (Å²) in [6, 6.07) is 25.9. The van der Waals surface area contributed by atoms with Crippen LogP contribution in [0.1, 0.15) is 47.8 Å². The number of hydrogen-bond acceptors (Lipinski definition) is 2. The van der Waals surface area contributed by atoms with E-state index in [4.69, 9.17) is 11.6 Å². The number of hydrogen-bond donors (Lipinski definition) is 0. The van der Waals surface area contributed by atoms with Crippen LogP contribution in [0.4, 0.5) is 0 Å². The summed E-state index contributed by atoms with van der Waals surface area (Å²) in [5.41, 5.74) is 6.14. The smallest absolute Gasteiger partial charge is 0.209 e. The minimum atomic E-state index is 0.267. The average Bonchev–Trinajstić information content (AvgIpc) is 3.38. The third-order valence-corrected chi connectivity index (χ3v) is 7.62. The van der Waals surface area contributed by atoms with Crippen LogP contribution in [0.2, 0.25) is 5.02 Å². The molecule has 2 aliphatic heterocycles. The highest BCUT2D eigenvalue weighted by Crippen LogP contribution is 2.41. The van der Waals surface area contributed by atoms with Crippen molar-refractivity contribution in [2.45, 2.75) is 37.6 Å². The van der Waals surface area contributed by atoms with Crippen molar-refractivity contribution in [3.05, 3.63) is 94.5 Å². The Morgan fingerprint density at radius 1 is 0.848 bits per heavy atom. The van der Waals surface area contributed by atoms with E-state index >= 15 is 0 Å². The van der Waals surface area contributed by atoms with Crippen molar-refractivity contribution in [3.63, 3.8) is 0 Å². The Hall–Kier alpha value is -2.62. The Kier molecular flexibility index (Phi) is 6.80. The molecule has 0 aliphatic carbocycles. The van der Waals surface area contributed by atoms with Gasteiger partial charge in [-0.1, -0.05) is 78.3 Å². The minimum Gasteiger partial charge on any atom is -0.345 e. The van der Waals surface area contributed by atoms with Gasteiger partial charge < -0.3 is 4.90 Å². The van der Waals surface area contributed by atoms with Crippen LogP contribution < -0.4 is 0 Å². The van der Waals surface area contributed by atoms with Crippen LogP contribution >= 0.6 is 11.6 Å². The van der Waals surface area contributed by atoms with Gasteiger partial charge in [0.15, 0.2) is 0 Å². The van der Waals surface area contributed by atoms with Crippen LogP contribution in [-0.4, -0.2) is 42.4 Å². The number of piperidine rings is 1. The van der Waals surface area contributed by atoms with Gasteiger partial charge in [0, 0.05) is 36.1 Å². The van der Waals surface area contributed by atoms with E-state index in [1.807, 2.05) is 23.1 Å². The number of amides is 1.